The average Bonchev–Trinajstić information content (AvgIpc) is 2.57. The van der Waals surface area contributed by atoms with Crippen LogP contribution in [0.5, 0.6) is 0 Å². The third-order valence-electron chi connectivity index (χ3n) is 3.17. The van der Waals surface area contributed by atoms with Crippen LogP contribution >= 0.6 is 23.2 Å². The van der Waals surface area contributed by atoms with E-state index in [4.69, 9.17) is 23.2 Å². The smallest absolute Gasteiger partial charge is 0.229 e. The monoisotopic (exact) mass is 344 g/mol. The minimum atomic E-state index is 0.511. The SMILES string of the molecule is Clc1ccc(Nc2nccc(NCc3ccccc3Cl)n2)cc1. The second kappa shape index (κ2) is 7.31. The highest BCUT2D eigenvalue weighted by atomic mass is 35.5. The number of rotatable bonds is 5. The summed E-state index contributed by atoms with van der Waals surface area (Å²) in [6.07, 6.45) is 1.69. The van der Waals surface area contributed by atoms with Crippen molar-refractivity contribution in [2.75, 3.05) is 10.6 Å². The summed E-state index contributed by atoms with van der Waals surface area (Å²) in [5.41, 5.74) is 1.89. The second-order valence-corrected chi connectivity index (χ2v) is 5.69. The lowest BCUT2D eigenvalue weighted by Gasteiger charge is -2.09. The van der Waals surface area contributed by atoms with Crippen molar-refractivity contribution in [3.8, 4) is 0 Å². The molecule has 0 fully saturated rings. The van der Waals surface area contributed by atoms with E-state index in [2.05, 4.69) is 20.6 Å². The van der Waals surface area contributed by atoms with Gasteiger partial charge in [0, 0.05) is 28.5 Å². The van der Waals surface area contributed by atoms with Gasteiger partial charge in [0.25, 0.3) is 0 Å². The van der Waals surface area contributed by atoms with Crippen molar-refractivity contribution >= 4 is 40.7 Å². The Morgan fingerprint density at radius 1 is 0.913 bits per heavy atom. The molecule has 0 saturated heterocycles. The molecule has 0 radical (unpaired) electrons. The highest BCUT2D eigenvalue weighted by Gasteiger charge is 2.02. The molecule has 0 atom stereocenters. The van der Waals surface area contributed by atoms with Crippen molar-refractivity contribution in [3.63, 3.8) is 0 Å². The number of nitrogens with one attached hydrogen (secondary N) is 2. The summed E-state index contributed by atoms with van der Waals surface area (Å²) in [5.74, 6) is 1.23. The molecule has 0 spiro atoms. The van der Waals surface area contributed by atoms with Gasteiger partial charge in [-0.15, -0.1) is 0 Å². The number of hydrogen-bond donors (Lipinski definition) is 2. The molecule has 0 amide bonds. The van der Waals surface area contributed by atoms with Crippen molar-refractivity contribution in [3.05, 3.63) is 76.4 Å². The third kappa shape index (κ3) is 4.34. The van der Waals surface area contributed by atoms with Crippen LogP contribution in [-0.4, -0.2) is 9.97 Å². The molecule has 2 N–H and O–H groups in total. The largest absolute Gasteiger partial charge is 0.366 e. The summed E-state index contributed by atoms with van der Waals surface area (Å²) in [4.78, 5) is 8.63. The van der Waals surface area contributed by atoms with Crippen LogP contribution in [0.2, 0.25) is 10.0 Å². The minimum absolute atomic E-state index is 0.511. The first-order chi connectivity index (χ1) is 11.2. The van der Waals surface area contributed by atoms with Crippen LogP contribution in [0.15, 0.2) is 60.8 Å². The van der Waals surface area contributed by atoms with Gasteiger partial charge in [0.2, 0.25) is 5.95 Å². The van der Waals surface area contributed by atoms with E-state index in [0.717, 1.165) is 22.1 Å². The van der Waals surface area contributed by atoms with Gasteiger partial charge in [-0.05, 0) is 42.0 Å². The third-order valence-corrected chi connectivity index (χ3v) is 3.79. The highest BCUT2D eigenvalue weighted by Crippen LogP contribution is 2.19. The topological polar surface area (TPSA) is 49.8 Å². The fourth-order valence-corrected chi connectivity index (χ4v) is 2.34. The van der Waals surface area contributed by atoms with E-state index in [0.29, 0.717) is 17.5 Å². The molecule has 0 aliphatic carbocycles. The molecule has 0 unspecified atom stereocenters. The first-order valence-electron chi connectivity index (χ1n) is 7.03. The Balaban J connectivity index is 1.67. The van der Waals surface area contributed by atoms with Gasteiger partial charge in [-0.3, -0.25) is 0 Å². The van der Waals surface area contributed by atoms with Crippen LogP contribution < -0.4 is 10.6 Å². The van der Waals surface area contributed by atoms with E-state index in [1.54, 1.807) is 6.20 Å². The zero-order valence-electron chi connectivity index (χ0n) is 12.1. The normalized spacial score (nSPS) is 10.3. The van der Waals surface area contributed by atoms with Gasteiger partial charge < -0.3 is 10.6 Å². The number of anilines is 3. The lowest BCUT2D eigenvalue weighted by molar-refractivity contribution is 1.08. The van der Waals surface area contributed by atoms with Crippen LogP contribution in [0.4, 0.5) is 17.5 Å². The Hall–Kier alpha value is -2.30. The van der Waals surface area contributed by atoms with Crippen LogP contribution in [0.25, 0.3) is 0 Å². The molecular formula is C17H14Cl2N4. The van der Waals surface area contributed by atoms with E-state index < -0.39 is 0 Å². The molecule has 4 nitrogen and oxygen atoms in total. The molecule has 6 heteroatoms. The van der Waals surface area contributed by atoms with E-state index in [1.807, 2.05) is 54.6 Å². The summed E-state index contributed by atoms with van der Waals surface area (Å²) in [6.45, 7) is 0.594. The zero-order chi connectivity index (χ0) is 16.1. The van der Waals surface area contributed by atoms with Crippen molar-refractivity contribution in [1.82, 2.24) is 9.97 Å². The van der Waals surface area contributed by atoms with Gasteiger partial charge in [-0.2, -0.15) is 4.98 Å². The van der Waals surface area contributed by atoms with Crippen LogP contribution in [0.1, 0.15) is 5.56 Å². The fraction of sp³-hybridized carbons (Fsp3) is 0.0588. The van der Waals surface area contributed by atoms with E-state index in [1.165, 1.54) is 0 Å². The fourth-order valence-electron chi connectivity index (χ4n) is 2.01. The number of benzene rings is 2. The number of hydrogen-bond acceptors (Lipinski definition) is 4. The lowest BCUT2D eigenvalue weighted by Crippen LogP contribution is -2.04. The van der Waals surface area contributed by atoms with Crippen LogP contribution in [0.3, 0.4) is 0 Å². The first kappa shape index (κ1) is 15.6. The maximum absolute atomic E-state index is 6.15. The predicted octanol–water partition coefficient (Wildman–Crippen LogP) is 5.14. The molecule has 0 aliphatic rings. The lowest BCUT2D eigenvalue weighted by atomic mass is 10.2. The molecule has 116 valence electrons. The summed E-state index contributed by atoms with van der Waals surface area (Å²) >= 11 is 12.0. The number of nitrogens with zero attached hydrogens (tertiary/aromatic N) is 2. The average molecular weight is 345 g/mol. The molecule has 2 aromatic carbocycles. The van der Waals surface area contributed by atoms with E-state index >= 15 is 0 Å². The van der Waals surface area contributed by atoms with Gasteiger partial charge >= 0.3 is 0 Å². The molecule has 23 heavy (non-hydrogen) atoms. The summed E-state index contributed by atoms with van der Waals surface area (Å²) < 4.78 is 0. The highest BCUT2D eigenvalue weighted by molar-refractivity contribution is 6.31. The van der Waals surface area contributed by atoms with Gasteiger partial charge in [0.15, 0.2) is 0 Å². The predicted molar refractivity (Wildman–Crippen MR) is 95.5 cm³/mol. The van der Waals surface area contributed by atoms with Gasteiger partial charge in [-0.1, -0.05) is 41.4 Å². The zero-order valence-corrected chi connectivity index (χ0v) is 13.6. The Morgan fingerprint density at radius 3 is 2.48 bits per heavy atom. The van der Waals surface area contributed by atoms with Gasteiger partial charge in [-0.25, -0.2) is 4.98 Å². The Bertz CT molecular complexity index is 791. The van der Waals surface area contributed by atoms with E-state index in [9.17, 15) is 0 Å². The molecule has 0 aliphatic heterocycles. The molecule has 3 rings (SSSR count). The van der Waals surface area contributed by atoms with Crippen molar-refractivity contribution in [2.45, 2.75) is 6.54 Å². The van der Waals surface area contributed by atoms with Crippen molar-refractivity contribution in [1.29, 1.82) is 0 Å². The maximum atomic E-state index is 6.15. The molecule has 1 heterocycles. The molecule has 0 bridgehead atoms. The number of aromatic nitrogens is 2. The molecular weight excluding hydrogens is 331 g/mol. The summed E-state index contributed by atoms with van der Waals surface area (Å²) in [5, 5.41) is 7.79. The quantitative estimate of drug-likeness (QED) is 0.672. The van der Waals surface area contributed by atoms with Gasteiger partial charge in [0.05, 0.1) is 0 Å². The second-order valence-electron chi connectivity index (χ2n) is 4.84. The van der Waals surface area contributed by atoms with E-state index in [-0.39, 0.29) is 0 Å². The van der Waals surface area contributed by atoms with Crippen molar-refractivity contribution < 1.29 is 0 Å². The number of halogens is 2. The Morgan fingerprint density at radius 2 is 1.70 bits per heavy atom. The summed E-state index contributed by atoms with van der Waals surface area (Å²) in [6, 6.07) is 16.9. The summed E-state index contributed by atoms with van der Waals surface area (Å²) in [7, 11) is 0. The van der Waals surface area contributed by atoms with Crippen LogP contribution in [0, 0.1) is 0 Å². The first-order valence-corrected chi connectivity index (χ1v) is 7.79. The maximum Gasteiger partial charge on any atom is 0.229 e. The minimum Gasteiger partial charge on any atom is -0.366 e. The standard InChI is InChI=1S/C17H14Cl2N4/c18-13-5-7-14(8-6-13)22-17-20-10-9-16(23-17)21-11-12-3-1-2-4-15(12)19/h1-10H,11H2,(H2,20,21,22,23). The Labute approximate surface area is 144 Å². The molecule has 3 aromatic rings. The molecule has 1 aromatic heterocycles. The van der Waals surface area contributed by atoms with Crippen molar-refractivity contribution in [2.24, 2.45) is 0 Å². The van der Waals surface area contributed by atoms with Crippen LogP contribution in [-0.2, 0) is 6.54 Å². The van der Waals surface area contributed by atoms with Gasteiger partial charge in [0.1, 0.15) is 5.82 Å². The molecule has 0 saturated carbocycles. The Kier molecular flexibility index (Phi) is 4.95.